The minimum Gasteiger partial charge on any atom is -0.239 e. The fourth-order valence-electron chi connectivity index (χ4n) is 3.62. The van der Waals surface area contributed by atoms with Crippen molar-refractivity contribution in [3.8, 4) is 16.9 Å². The van der Waals surface area contributed by atoms with Gasteiger partial charge in [-0.15, -0.1) is 0 Å². The predicted octanol–water partition coefficient (Wildman–Crippen LogP) is 4.71. The lowest BCUT2D eigenvalue weighted by atomic mass is 9.97. The molecule has 0 fully saturated rings. The molecule has 1 aromatic heterocycles. The lowest BCUT2D eigenvalue weighted by molar-refractivity contribution is 0.579. The standard InChI is InChI=1S/C23H25N3O2S/c27-29(28,24-17-16-19-10-4-1-5-11-19)22-18-26(21-14-8-3-9-15-21)25-23(22)20-12-6-2-7-13-20/h2-3,6-10,12-15,18,24H,1,4-5,11,16-17H2. The van der Waals surface area contributed by atoms with Gasteiger partial charge in [0.1, 0.15) is 10.6 Å². The minimum absolute atomic E-state index is 0.199. The van der Waals surface area contributed by atoms with Crippen LogP contribution in [0.2, 0.25) is 0 Å². The second kappa shape index (κ2) is 8.76. The molecule has 150 valence electrons. The lowest BCUT2D eigenvalue weighted by Crippen LogP contribution is -2.25. The maximum absolute atomic E-state index is 13.1. The molecule has 0 spiro atoms. The van der Waals surface area contributed by atoms with Crippen LogP contribution in [0.25, 0.3) is 16.9 Å². The maximum Gasteiger partial charge on any atom is 0.244 e. The molecule has 2 aromatic carbocycles. The first-order valence-corrected chi connectivity index (χ1v) is 11.5. The van der Waals surface area contributed by atoms with E-state index in [2.05, 4.69) is 15.9 Å². The number of para-hydroxylation sites is 1. The molecule has 0 atom stereocenters. The summed E-state index contributed by atoms with van der Waals surface area (Å²) in [5.41, 5.74) is 3.40. The zero-order valence-electron chi connectivity index (χ0n) is 16.3. The Bertz CT molecular complexity index is 1090. The number of rotatable bonds is 7. The average molecular weight is 408 g/mol. The topological polar surface area (TPSA) is 64.0 Å². The van der Waals surface area contributed by atoms with Gasteiger partial charge in [0, 0.05) is 12.1 Å². The Morgan fingerprint density at radius 2 is 1.69 bits per heavy atom. The number of aromatic nitrogens is 2. The summed E-state index contributed by atoms with van der Waals surface area (Å²) < 4.78 is 30.7. The number of sulfonamides is 1. The van der Waals surface area contributed by atoms with Crippen molar-refractivity contribution in [1.29, 1.82) is 0 Å². The summed E-state index contributed by atoms with van der Waals surface area (Å²) in [5.74, 6) is 0. The van der Waals surface area contributed by atoms with E-state index in [-0.39, 0.29) is 4.90 Å². The normalized spacial score (nSPS) is 14.6. The molecule has 1 N–H and O–H groups in total. The second-order valence-corrected chi connectivity index (χ2v) is 8.98. The van der Waals surface area contributed by atoms with Crippen LogP contribution < -0.4 is 4.72 Å². The molecule has 6 heteroatoms. The van der Waals surface area contributed by atoms with Gasteiger partial charge in [-0.25, -0.2) is 17.8 Å². The molecule has 0 aliphatic heterocycles. The van der Waals surface area contributed by atoms with E-state index in [0.29, 0.717) is 12.2 Å². The molecule has 0 saturated heterocycles. The Morgan fingerprint density at radius 1 is 0.966 bits per heavy atom. The van der Waals surface area contributed by atoms with Crippen LogP contribution in [-0.4, -0.2) is 24.7 Å². The van der Waals surface area contributed by atoms with Crippen LogP contribution in [-0.2, 0) is 10.0 Å². The number of hydrogen-bond donors (Lipinski definition) is 1. The molecule has 5 nitrogen and oxygen atoms in total. The quantitative estimate of drug-likeness (QED) is 0.577. The third-order valence-electron chi connectivity index (χ3n) is 5.16. The average Bonchev–Trinajstić information content (AvgIpc) is 3.22. The Hall–Kier alpha value is -2.70. The van der Waals surface area contributed by atoms with Crippen molar-refractivity contribution in [3.63, 3.8) is 0 Å². The number of allylic oxidation sites excluding steroid dienone is 1. The van der Waals surface area contributed by atoms with E-state index in [1.807, 2.05) is 60.7 Å². The molecular formula is C23H25N3O2S. The highest BCUT2D eigenvalue weighted by Gasteiger charge is 2.24. The molecule has 0 amide bonds. The van der Waals surface area contributed by atoms with Crippen LogP contribution in [0.5, 0.6) is 0 Å². The SMILES string of the molecule is O=S(=O)(NCCC1=CCCCC1)c1cn(-c2ccccc2)nc1-c1ccccc1. The fraction of sp³-hybridized carbons (Fsp3) is 0.261. The summed E-state index contributed by atoms with van der Waals surface area (Å²) in [4.78, 5) is 0.199. The van der Waals surface area contributed by atoms with Crippen LogP contribution in [0, 0.1) is 0 Å². The van der Waals surface area contributed by atoms with Crippen molar-refractivity contribution in [2.45, 2.75) is 37.0 Å². The summed E-state index contributed by atoms with van der Waals surface area (Å²) in [5, 5.41) is 4.60. The summed E-state index contributed by atoms with van der Waals surface area (Å²) in [6.07, 6.45) is 9.20. The predicted molar refractivity (Wildman–Crippen MR) is 115 cm³/mol. The summed E-state index contributed by atoms with van der Waals surface area (Å²) >= 11 is 0. The highest BCUT2D eigenvalue weighted by atomic mass is 32.2. The molecule has 1 aliphatic rings. The number of nitrogens with one attached hydrogen (secondary N) is 1. The Morgan fingerprint density at radius 3 is 2.38 bits per heavy atom. The van der Waals surface area contributed by atoms with Gasteiger partial charge in [-0.2, -0.15) is 5.10 Å². The van der Waals surface area contributed by atoms with Crippen LogP contribution >= 0.6 is 0 Å². The molecule has 3 aromatic rings. The molecule has 4 rings (SSSR count). The van der Waals surface area contributed by atoms with Crippen molar-refractivity contribution in [2.24, 2.45) is 0 Å². The van der Waals surface area contributed by atoms with E-state index >= 15 is 0 Å². The van der Waals surface area contributed by atoms with E-state index < -0.39 is 10.0 Å². The summed E-state index contributed by atoms with van der Waals surface area (Å²) in [7, 11) is -3.69. The molecule has 29 heavy (non-hydrogen) atoms. The summed E-state index contributed by atoms with van der Waals surface area (Å²) in [6.45, 7) is 0.402. The van der Waals surface area contributed by atoms with E-state index in [1.54, 1.807) is 10.9 Å². The number of nitrogens with zero attached hydrogens (tertiary/aromatic N) is 2. The van der Waals surface area contributed by atoms with Crippen LogP contribution in [0.1, 0.15) is 32.1 Å². The first-order valence-electron chi connectivity index (χ1n) is 10.0. The van der Waals surface area contributed by atoms with Gasteiger partial charge in [0.15, 0.2) is 0 Å². The third kappa shape index (κ3) is 4.66. The first kappa shape index (κ1) is 19.6. The lowest BCUT2D eigenvalue weighted by Gasteiger charge is -2.13. The number of hydrogen-bond acceptors (Lipinski definition) is 3. The van der Waals surface area contributed by atoms with E-state index in [0.717, 1.165) is 30.5 Å². The van der Waals surface area contributed by atoms with Gasteiger partial charge < -0.3 is 0 Å². The fourth-order valence-corrected chi connectivity index (χ4v) is 4.80. The van der Waals surface area contributed by atoms with Crippen molar-refractivity contribution in [1.82, 2.24) is 14.5 Å². The van der Waals surface area contributed by atoms with Gasteiger partial charge in [0.2, 0.25) is 10.0 Å². The molecule has 0 saturated carbocycles. The Kier molecular flexibility index (Phi) is 5.92. The van der Waals surface area contributed by atoms with Gasteiger partial charge in [0.25, 0.3) is 0 Å². The third-order valence-corrected chi connectivity index (χ3v) is 6.62. The monoisotopic (exact) mass is 407 g/mol. The molecule has 0 bridgehead atoms. The van der Waals surface area contributed by atoms with E-state index in [4.69, 9.17) is 0 Å². The zero-order valence-corrected chi connectivity index (χ0v) is 17.1. The zero-order chi connectivity index (χ0) is 20.1. The van der Waals surface area contributed by atoms with Gasteiger partial charge in [-0.05, 0) is 44.2 Å². The molecule has 0 unspecified atom stereocenters. The van der Waals surface area contributed by atoms with E-state index in [1.165, 1.54) is 18.4 Å². The van der Waals surface area contributed by atoms with Crippen molar-refractivity contribution in [2.75, 3.05) is 6.54 Å². The Balaban J connectivity index is 1.63. The second-order valence-electron chi connectivity index (χ2n) is 7.24. The van der Waals surface area contributed by atoms with Crippen molar-refractivity contribution < 1.29 is 8.42 Å². The van der Waals surface area contributed by atoms with Gasteiger partial charge >= 0.3 is 0 Å². The van der Waals surface area contributed by atoms with E-state index in [9.17, 15) is 8.42 Å². The molecule has 1 heterocycles. The van der Waals surface area contributed by atoms with Crippen LogP contribution in [0.15, 0.2) is 83.4 Å². The van der Waals surface area contributed by atoms with Crippen LogP contribution in [0.4, 0.5) is 0 Å². The number of benzene rings is 2. The molecule has 0 radical (unpaired) electrons. The smallest absolute Gasteiger partial charge is 0.239 e. The Labute approximate surface area is 172 Å². The van der Waals surface area contributed by atoms with Crippen molar-refractivity contribution >= 4 is 10.0 Å². The molecular weight excluding hydrogens is 382 g/mol. The van der Waals surface area contributed by atoms with Gasteiger partial charge in [0.05, 0.1) is 11.9 Å². The van der Waals surface area contributed by atoms with Gasteiger partial charge in [-0.3, -0.25) is 0 Å². The maximum atomic E-state index is 13.1. The molecule has 1 aliphatic carbocycles. The first-order chi connectivity index (χ1) is 14.1. The van der Waals surface area contributed by atoms with Crippen molar-refractivity contribution in [3.05, 3.63) is 78.5 Å². The van der Waals surface area contributed by atoms with Crippen LogP contribution in [0.3, 0.4) is 0 Å². The highest BCUT2D eigenvalue weighted by molar-refractivity contribution is 7.89. The highest BCUT2D eigenvalue weighted by Crippen LogP contribution is 2.27. The largest absolute Gasteiger partial charge is 0.244 e. The summed E-state index contributed by atoms with van der Waals surface area (Å²) in [6, 6.07) is 19.0. The minimum atomic E-state index is -3.69. The van der Waals surface area contributed by atoms with Gasteiger partial charge in [-0.1, -0.05) is 60.2 Å².